The van der Waals surface area contributed by atoms with Crippen LogP contribution in [-0.2, 0) is 11.3 Å². The molecule has 1 aliphatic carbocycles. The van der Waals surface area contributed by atoms with Gasteiger partial charge >= 0.3 is 0 Å². The lowest BCUT2D eigenvalue weighted by molar-refractivity contribution is -0.135. The molecule has 1 aromatic rings. The summed E-state index contributed by atoms with van der Waals surface area (Å²) in [5.74, 6) is 0.112. The molecular formula is C11H18N4O. The SMILES string of the molecule is NCC1(C(=O)NCCn2ccnc2)CCC1. The van der Waals surface area contributed by atoms with Crippen molar-refractivity contribution in [2.75, 3.05) is 13.1 Å². The Bertz CT molecular complexity index is 337. The summed E-state index contributed by atoms with van der Waals surface area (Å²) in [6, 6.07) is 0. The average Bonchev–Trinajstić information content (AvgIpc) is 2.70. The highest BCUT2D eigenvalue weighted by molar-refractivity contribution is 5.83. The molecule has 0 aliphatic heterocycles. The van der Waals surface area contributed by atoms with E-state index in [1.54, 1.807) is 12.5 Å². The topological polar surface area (TPSA) is 72.9 Å². The molecule has 5 nitrogen and oxygen atoms in total. The van der Waals surface area contributed by atoms with Crippen molar-refractivity contribution < 1.29 is 4.79 Å². The summed E-state index contributed by atoms with van der Waals surface area (Å²) in [6.07, 6.45) is 8.34. The molecular weight excluding hydrogens is 204 g/mol. The summed E-state index contributed by atoms with van der Waals surface area (Å²) in [6.45, 7) is 1.85. The zero-order chi connectivity index (χ0) is 11.4. The van der Waals surface area contributed by atoms with Gasteiger partial charge in [-0.2, -0.15) is 0 Å². The molecule has 1 fully saturated rings. The lowest BCUT2D eigenvalue weighted by atomic mass is 9.68. The maximum atomic E-state index is 11.9. The molecule has 0 unspecified atom stereocenters. The molecule has 1 aliphatic rings. The number of hydrogen-bond donors (Lipinski definition) is 2. The van der Waals surface area contributed by atoms with Gasteiger partial charge in [0.15, 0.2) is 0 Å². The third-order valence-electron chi connectivity index (χ3n) is 3.40. The molecule has 3 N–H and O–H groups in total. The maximum absolute atomic E-state index is 11.9. The molecule has 88 valence electrons. The normalized spacial score (nSPS) is 17.8. The van der Waals surface area contributed by atoms with E-state index >= 15 is 0 Å². The molecule has 1 aromatic heterocycles. The predicted molar refractivity (Wildman–Crippen MR) is 60.6 cm³/mol. The van der Waals surface area contributed by atoms with Crippen LogP contribution in [0.15, 0.2) is 18.7 Å². The van der Waals surface area contributed by atoms with Crippen LogP contribution in [0.3, 0.4) is 0 Å². The van der Waals surface area contributed by atoms with E-state index in [9.17, 15) is 4.79 Å². The molecule has 16 heavy (non-hydrogen) atoms. The van der Waals surface area contributed by atoms with Crippen LogP contribution in [-0.4, -0.2) is 28.5 Å². The molecule has 0 saturated heterocycles. The summed E-state index contributed by atoms with van der Waals surface area (Å²) in [5, 5.41) is 2.95. The minimum Gasteiger partial charge on any atom is -0.354 e. The lowest BCUT2D eigenvalue weighted by Crippen LogP contribution is -2.50. The van der Waals surface area contributed by atoms with Gasteiger partial charge < -0.3 is 15.6 Å². The Morgan fingerprint density at radius 1 is 1.56 bits per heavy atom. The second kappa shape index (κ2) is 4.65. The highest BCUT2D eigenvalue weighted by atomic mass is 16.2. The Kier molecular flexibility index (Phi) is 3.24. The molecule has 0 bridgehead atoms. The molecule has 1 heterocycles. The van der Waals surface area contributed by atoms with Crippen molar-refractivity contribution in [3.05, 3.63) is 18.7 Å². The highest BCUT2D eigenvalue weighted by Gasteiger charge is 2.42. The Hall–Kier alpha value is -1.36. The fourth-order valence-corrected chi connectivity index (χ4v) is 2.03. The van der Waals surface area contributed by atoms with Gasteiger partial charge in [0.25, 0.3) is 0 Å². The van der Waals surface area contributed by atoms with Crippen molar-refractivity contribution in [3.8, 4) is 0 Å². The maximum Gasteiger partial charge on any atom is 0.227 e. The number of hydrogen-bond acceptors (Lipinski definition) is 3. The van der Waals surface area contributed by atoms with E-state index in [1.165, 1.54) is 0 Å². The van der Waals surface area contributed by atoms with Gasteiger partial charge in [0.1, 0.15) is 0 Å². The van der Waals surface area contributed by atoms with Crippen molar-refractivity contribution in [2.45, 2.75) is 25.8 Å². The zero-order valence-electron chi connectivity index (χ0n) is 9.35. The smallest absolute Gasteiger partial charge is 0.227 e. The van der Waals surface area contributed by atoms with E-state index in [-0.39, 0.29) is 11.3 Å². The summed E-state index contributed by atoms with van der Waals surface area (Å²) < 4.78 is 1.94. The minimum absolute atomic E-state index is 0.112. The van der Waals surface area contributed by atoms with Gasteiger partial charge in [-0.3, -0.25) is 4.79 Å². The number of nitrogens with one attached hydrogen (secondary N) is 1. The number of nitrogens with two attached hydrogens (primary N) is 1. The van der Waals surface area contributed by atoms with Crippen molar-refractivity contribution in [3.63, 3.8) is 0 Å². The van der Waals surface area contributed by atoms with Crippen LogP contribution in [0, 0.1) is 5.41 Å². The van der Waals surface area contributed by atoms with Crippen LogP contribution in [0.25, 0.3) is 0 Å². The molecule has 1 amide bonds. The predicted octanol–water partition coefficient (Wildman–Crippen LogP) is 0.128. The first-order valence-corrected chi connectivity index (χ1v) is 5.71. The zero-order valence-corrected chi connectivity index (χ0v) is 9.35. The first-order chi connectivity index (χ1) is 7.77. The molecule has 0 aromatic carbocycles. The fourth-order valence-electron chi connectivity index (χ4n) is 2.03. The van der Waals surface area contributed by atoms with Crippen LogP contribution < -0.4 is 11.1 Å². The van der Waals surface area contributed by atoms with Gasteiger partial charge in [0.2, 0.25) is 5.91 Å². The standard InChI is InChI=1S/C11H18N4O/c12-8-11(2-1-3-11)10(16)14-5-7-15-6-4-13-9-15/h4,6,9H,1-3,5,7-8,12H2,(H,14,16). The van der Waals surface area contributed by atoms with E-state index in [1.807, 2.05) is 10.8 Å². The number of amides is 1. The lowest BCUT2D eigenvalue weighted by Gasteiger charge is -2.39. The molecule has 0 spiro atoms. The van der Waals surface area contributed by atoms with E-state index in [0.29, 0.717) is 13.1 Å². The van der Waals surface area contributed by atoms with Crippen LogP contribution in [0.4, 0.5) is 0 Å². The molecule has 1 saturated carbocycles. The van der Waals surface area contributed by atoms with Gasteiger partial charge in [-0.1, -0.05) is 6.42 Å². The number of rotatable bonds is 5. The summed E-state index contributed by atoms with van der Waals surface area (Å²) in [7, 11) is 0. The molecule has 5 heteroatoms. The number of aromatic nitrogens is 2. The van der Waals surface area contributed by atoms with Crippen LogP contribution >= 0.6 is 0 Å². The first-order valence-electron chi connectivity index (χ1n) is 5.71. The first kappa shape index (κ1) is 11.1. The second-order valence-electron chi connectivity index (χ2n) is 4.39. The van der Waals surface area contributed by atoms with Gasteiger partial charge in [0.05, 0.1) is 11.7 Å². The largest absolute Gasteiger partial charge is 0.354 e. The molecule has 0 atom stereocenters. The van der Waals surface area contributed by atoms with E-state index in [0.717, 1.165) is 25.8 Å². The molecule has 2 rings (SSSR count). The summed E-state index contributed by atoms with van der Waals surface area (Å²) >= 11 is 0. The van der Waals surface area contributed by atoms with E-state index in [4.69, 9.17) is 5.73 Å². The Morgan fingerprint density at radius 2 is 2.38 bits per heavy atom. The van der Waals surface area contributed by atoms with Crippen molar-refractivity contribution >= 4 is 5.91 Å². The summed E-state index contributed by atoms with van der Waals surface area (Å²) in [4.78, 5) is 15.8. The summed E-state index contributed by atoms with van der Waals surface area (Å²) in [5.41, 5.74) is 5.39. The van der Waals surface area contributed by atoms with Crippen LogP contribution in [0.2, 0.25) is 0 Å². The van der Waals surface area contributed by atoms with Crippen molar-refractivity contribution in [1.29, 1.82) is 0 Å². The third-order valence-corrected chi connectivity index (χ3v) is 3.40. The van der Waals surface area contributed by atoms with E-state index < -0.39 is 0 Å². The minimum atomic E-state index is -0.269. The van der Waals surface area contributed by atoms with Gasteiger partial charge in [-0.25, -0.2) is 4.98 Å². The Morgan fingerprint density at radius 3 is 2.88 bits per heavy atom. The monoisotopic (exact) mass is 222 g/mol. The van der Waals surface area contributed by atoms with Gasteiger partial charge in [-0.05, 0) is 12.8 Å². The van der Waals surface area contributed by atoms with E-state index in [2.05, 4.69) is 10.3 Å². The highest BCUT2D eigenvalue weighted by Crippen LogP contribution is 2.39. The Labute approximate surface area is 95.0 Å². The number of carbonyl (C=O) groups excluding carboxylic acids is 1. The second-order valence-corrected chi connectivity index (χ2v) is 4.39. The number of carbonyl (C=O) groups is 1. The average molecular weight is 222 g/mol. The van der Waals surface area contributed by atoms with Crippen molar-refractivity contribution in [2.24, 2.45) is 11.1 Å². The van der Waals surface area contributed by atoms with Gasteiger partial charge in [0, 0.05) is 32.0 Å². The fraction of sp³-hybridized carbons (Fsp3) is 0.636. The Balaban J connectivity index is 1.75. The number of nitrogens with zero attached hydrogens (tertiary/aromatic N) is 2. The number of imidazole rings is 1. The quantitative estimate of drug-likeness (QED) is 0.743. The van der Waals surface area contributed by atoms with Crippen molar-refractivity contribution in [1.82, 2.24) is 14.9 Å². The third kappa shape index (κ3) is 2.09. The molecule has 0 radical (unpaired) electrons. The van der Waals surface area contributed by atoms with Crippen LogP contribution in [0.1, 0.15) is 19.3 Å². The van der Waals surface area contributed by atoms with Gasteiger partial charge in [-0.15, -0.1) is 0 Å². The van der Waals surface area contributed by atoms with Crippen LogP contribution in [0.5, 0.6) is 0 Å².